The van der Waals surface area contributed by atoms with Crippen LogP contribution in [0.3, 0.4) is 0 Å². The molecule has 0 saturated carbocycles. The zero-order chi connectivity index (χ0) is 20.5. The first-order valence-corrected chi connectivity index (χ1v) is 9.84. The normalized spacial score (nSPS) is 18.9. The molecule has 1 heterocycles. The van der Waals surface area contributed by atoms with Gasteiger partial charge in [0.15, 0.2) is 5.54 Å². The lowest BCUT2D eigenvalue weighted by atomic mass is 9.91. The molecule has 0 aromatic heterocycles. The van der Waals surface area contributed by atoms with Gasteiger partial charge in [0, 0.05) is 12.0 Å². The van der Waals surface area contributed by atoms with Gasteiger partial charge in [-0.05, 0) is 49.2 Å². The van der Waals surface area contributed by atoms with Gasteiger partial charge in [0.1, 0.15) is 12.2 Å². The summed E-state index contributed by atoms with van der Waals surface area (Å²) in [6, 6.07) is 24.1. The van der Waals surface area contributed by atoms with E-state index < -0.39 is 11.1 Å². The van der Waals surface area contributed by atoms with Gasteiger partial charge in [-0.3, -0.25) is 0 Å². The maximum Gasteiger partial charge on any atom is 0.338 e. The van der Waals surface area contributed by atoms with Crippen molar-refractivity contribution < 1.29 is 14.3 Å². The summed E-state index contributed by atoms with van der Waals surface area (Å²) in [7, 11) is 0. The second kappa shape index (κ2) is 7.36. The van der Waals surface area contributed by atoms with Gasteiger partial charge in [0.05, 0.1) is 0 Å². The minimum atomic E-state index is -1.10. The zero-order valence-electron chi connectivity index (χ0n) is 17.0. The maximum atomic E-state index is 13.2. The van der Waals surface area contributed by atoms with Gasteiger partial charge < -0.3 is 9.47 Å². The SMILES string of the molecule is CC(C)(C)OC(=O)C1(Cc2ccc3ccccc3c2)COC(c2ccccc2)=N1. The summed E-state index contributed by atoms with van der Waals surface area (Å²) >= 11 is 0. The smallest absolute Gasteiger partial charge is 0.338 e. The van der Waals surface area contributed by atoms with Crippen molar-refractivity contribution in [2.24, 2.45) is 4.99 Å². The number of hydrogen-bond donors (Lipinski definition) is 0. The van der Waals surface area contributed by atoms with E-state index >= 15 is 0 Å². The van der Waals surface area contributed by atoms with Gasteiger partial charge in [-0.25, -0.2) is 9.79 Å². The van der Waals surface area contributed by atoms with Crippen LogP contribution in [-0.4, -0.2) is 29.6 Å². The highest BCUT2D eigenvalue weighted by atomic mass is 16.6. The van der Waals surface area contributed by atoms with E-state index in [1.807, 2.05) is 69.3 Å². The van der Waals surface area contributed by atoms with Crippen LogP contribution in [0.5, 0.6) is 0 Å². The monoisotopic (exact) mass is 387 g/mol. The van der Waals surface area contributed by atoms with Crippen molar-refractivity contribution in [3.63, 3.8) is 0 Å². The highest BCUT2D eigenvalue weighted by Gasteiger charge is 2.47. The van der Waals surface area contributed by atoms with E-state index in [4.69, 9.17) is 14.5 Å². The number of nitrogens with zero attached hydrogens (tertiary/aromatic N) is 1. The van der Waals surface area contributed by atoms with Crippen molar-refractivity contribution in [3.8, 4) is 0 Å². The molecule has 1 unspecified atom stereocenters. The molecule has 1 aliphatic heterocycles. The zero-order valence-corrected chi connectivity index (χ0v) is 17.0. The molecule has 0 radical (unpaired) electrons. The summed E-state index contributed by atoms with van der Waals surface area (Å²) in [4.78, 5) is 18.0. The number of aliphatic imine (C=N–C) groups is 1. The Labute approximate surface area is 171 Å². The molecule has 0 bridgehead atoms. The number of benzene rings is 3. The largest absolute Gasteiger partial charge is 0.474 e. The Morgan fingerprint density at radius 2 is 1.69 bits per heavy atom. The topological polar surface area (TPSA) is 47.9 Å². The average molecular weight is 387 g/mol. The number of carbonyl (C=O) groups is 1. The van der Waals surface area contributed by atoms with Crippen LogP contribution in [0.4, 0.5) is 0 Å². The van der Waals surface area contributed by atoms with Crippen LogP contribution in [0.15, 0.2) is 77.8 Å². The highest BCUT2D eigenvalue weighted by molar-refractivity contribution is 5.99. The van der Waals surface area contributed by atoms with Gasteiger partial charge in [-0.2, -0.15) is 0 Å². The molecule has 148 valence electrons. The Bertz CT molecular complexity index is 1070. The van der Waals surface area contributed by atoms with E-state index in [0.29, 0.717) is 12.3 Å². The average Bonchev–Trinajstić information content (AvgIpc) is 3.13. The number of rotatable bonds is 4. The molecule has 0 fully saturated rings. The summed E-state index contributed by atoms with van der Waals surface area (Å²) in [5.74, 6) is 0.126. The van der Waals surface area contributed by atoms with Crippen LogP contribution in [0, 0.1) is 0 Å². The fourth-order valence-corrected chi connectivity index (χ4v) is 3.50. The predicted octanol–water partition coefficient (Wildman–Crippen LogP) is 4.94. The summed E-state index contributed by atoms with van der Waals surface area (Å²) in [5.41, 5.74) is 0.187. The lowest BCUT2D eigenvalue weighted by Gasteiger charge is -2.28. The fourth-order valence-electron chi connectivity index (χ4n) is 3.50. The molecular weight excluding hydrogens is 362 g/mol. The summed E-state index contributed by atoms with van der Waals surface area (Å²) in [5, 5.41) is 2.30. The highest BCUT2D eigenvalue weighted by Crippen LogP contribution is 2.30. The molecule has 1 aliphatic rings. The molecule has 3 aromatic rings. The third-order valence-corrected chi connectivity index (χ3v) is 4.87. The van der Waals surface area contributed by atoms with Crippen molar-refractivity contribution >= 4 is 22.6 Å². The number of fused-ring (bicyclic) bond motifs is 1. The Kier molecular flexibility index (Phi) is 4.87. The third kappa shape index (κ3) is 4.16. The number of carbonyl (C=O) groups excluding carboxylic acids is 1. The van der Waals surface area contributed by atoms with Crippen LogP contribution in [-0.2, 0) is 20.7 Å². The summed E-state index contributed by atoms with van der Waals surface area (Å²) < 4.78 is 11.6. The van der Waals surface area contributed by atoms with Gasteiger partial charge >= 0.3 is 5.97 Å². The summed E-state index contributed by atoms with van der Waals surface area (Å²) in [6.45, 7) is 5.77. The Morgan fingerprint density at radius 1 is 1.00 bits per heavy atom. The Morgan fingerprint density at radius 3 is 2.41 bits per heavy atom. The molecule has 0 aliphatic carbocycles. The fraction of sp³-hybridized carbons (Fsp3) is 0.280. The van der Waals surface area contributed by atoms with Crippen molar-refractivity contribution in [3.05, 3.63) is 83.9 Å². The minimum Gasteiger partial charge on any atom is -0.474 e. The van der Waals surface area contributed by atoms with E-state index in [1.54, 1.807) is 0 Å². The van der Waals surface area contributed by atoms with Gasteiger partial charge in [0.25, 0.3) is 0 Å². The Hall–Kier alpha value is -3.14. The first-order valence-electron chi connectivity index (χ1n) is 9.84. The quantitative estimate of drug-likeness (QED) is 0.596. The minimum absolute atomic E-state index is 0.166. The first-order chi connectivity index (χ1) is 13.8. The predicted molar refractivity (Wildman–Crippen MR) is 115 cm³/mol. The van der Waals surface area contributed by atoms with Gasteiger partial charge in [-0.15, -0.1) is 0 Å². The van der Waals surface area contributed by atoms with E-state index in [1.165, 1.54) is 5.39 Å². The molecule has 4 rings (SSSR count). The molecule has 29 heavy (non-hydrogen) atoms. The van der Waals surface area contributed by atoms with Crippen LogP contribution < -0.4 is 0 Å². The molecule has 4 heteroatoms. The lowest BCUT2D eigenvalue weighted by molar-refractivity contribution is -0.162. The molecule has 0 N–H and O–H groups in total. The van der Waals surface area contributed by atoms with Crippen LogP contribution in [0.25, 0.3) is 10.8 Å². The molecule has 0 saturated heterocycles. The first kappa shape index (κ1) is 19.2. The van der Waals surface area contributed by atoms with E-state index in [0.717, 1.165) is 16.5 Å². The van der Waals surface area contributed by atoms with Gasteiger partial charge in [-0.1, -0.05) is 60.7 Å². The third-order valence-electron chi connectivity index (χ3n) is 4.87. The van der Waals surface area contributed by atoms with E-state index in [9.17, 15) is 4.79 Å². The van der Waals surface area contributed by atoms with Crippen LogP contribution in [0.2, 0.25) is 0 Å². The van der Waals surface area contributed by atoms with Crippen molar-refractivity contribution in [1.82, 2.24) is 0 Å². The van der Waals surface area contributed by atoms with Crippen molar-refractivity contribution in [1.29, 1.82) is 0 Å². The lowest BCUT2D eigenvalue weighted by Crippen LogP contribution is -2.45. The molecular formula is C25H25NO3. The van der Waals surface area contributed by atoms with E-state index in [-0.39, 0.29) is 12.6 Å². The van der Waals surface area contributed by atoms with Crippen molar-refractivity contribution in [2.75, 3.05) is 6.61 Å². The summed E-state index contributed by atoms with van der Waals surface area (Å²) in [6.07, 6.45) is 0.420. The molecule has 1 atom stereocenters. The Balaban J connectivity index is 1.72. The molecule has 0 spiro atoms. The van der Waals surface area contributed by atoms with Gasteiger partial charge in [0.2, 0.25) is 5.90 Å². The number of esters is 1. The second-order valence-corrected chi connectivity index (χ2v) is 8.46. The van der Waals surface area contributed by atoms with Crippen LogP contribution >= 0.6 is 0 Å². The second-order valence-electron chi connectivity index (χ2n) is 8.46. The van der Waals surface area contributed by atoms with Crippen LogP contribution in [0.1, 0.15) is 31.9 Å². The standard InChI is InChI=1S/C25H25NO3/c1-24(2,3)29-23(27)25(17-28-22(26-25)20-10-5-4-6-11-20)16-18-13-14-19-9-7-8-12-21(19)15-18/h4-15H,16-17H2,1-3H3. The number of hydrogen-bond acceptors (Lipinski definition) is 4. The van der Waals surface area contributed by atoms with E-state index in [2.05, 4.69) is 24.3 Å². The number of ether oxygens (including phenoxy) is 2. The molecule has 3 aromatic carbocycles. The van der Waals surface area contributed by atoms with Crippen molar-refractivity contribution in [2.45, 2.75) is 38.3 Å². The molecule has 4 nitrogen and oxygen atoms in total. The maximum absolute atomic E-state index is 13.2. The molecule has 0 amide bonds.